The Morgan fingerprint density at radius 1 is 1.29 bits per heavy atom. The van der Waals surface area contributed by atoms with Crippen LogP contribution in [0.15, 0.2) is 18.2 Å². The minimum Gasteiger partial charge on any atom is -0.478 e. The molecule has 0 spiro atoms. The molecule has 1 aromatic rings. The summed E-state index contributed by atoms with van der Waals surface area (Å²) in [5.74, 6) is -0.856. The highest BCUT2D eigenvalue weighted by atomic mass is 16.4. The molecule has 0 saturated carbocycles. The van der Waals surface area contributed by atoms with E-state index >= 15 is 0 Å². The lowest BCUT2D eigenvalue weighted by atomic mass is 10.1. The number of benzene rings is 1. The van der Waals surface area contributed by atoms with Crippen molar-refractivity contribution in [3.63, 3.8) is 0 Å². The Kier molecular flexibility index (Phi) is 3.09. The van der Waals surface area contributed by atoms with E-state index in [2.05, 4.69) is 18.7 Å². The number of rotatable bonds is 2. The highest BCUT2D eigenvalue weighted by Crippen LogP contribution is 2.33. The standard InChI is InChI=1S/C14H19NO2/c1-9-4-7-12(14(16)17)8-13(9)15-10(2)5-6-11(15)3/h4,7-8,10-11H,5-6H2,1-3H3,(H,16,17)/t10-,11-/m0/s1. The minimum absolute atomic E-state index is 0.372. The van der Waals surface area contributed by atoms with Crippen LogP contribution in [0.4, 0.5) is 5.69 Å². The van der Waals surface area contributed by atoms with E-state index in [1.54, 1.807) is 12.1 Å². The van der Waals surface area contributed by atoms with Gasteiger partial charge in [0, 0.05) is 17.8 Å². The van der Waals surface area contributed by atoms with Crippen LogP contribution in [0.25, 0.3) is 0 Å². The second-order valence-electron chi connectivity index (χ2n) is 4.99. The zero-order valence-corrected chi connectivity index (χ0v) is 10.6. The van der Waals surface area contributed by atoms with E-state index in [4.69, 9.17) is 5.11 Å². The normalized spacial score (nSPS) is 24.1. The third kappa shape index (κ3) is 2.14. The number of carboxylic acids is 1. The molecule has 92 valence electrons. The largest absolute Gasteiger partial charge is 0.478 e. The lowest BCUT2D eigenvalue weighted by Crippen LogP contribution is -2.33. The third-order valence-electron chi connectivity index (χ3n) is 3.69. The quantitative estimate of drug-likeness (QED) is 0.853. The van der Waals surface area contributed by atoms with Crippen molar-refractivity contribution in [3.05, 3.63) is 29.3 Å². The second kappa shape index (κ2) is 4.40. The summed E-state index contributed by atoms with van der Waals surface area (Å²) in [6, 6.07) is 6.36. The van der Waals surface area contributed by atoms with Crippen LogP contribution in [0.5, 0.6) is 0 Å². The highest BCUT2D eigenvalue weighted by molar-refractivity contribution is 5.89. The summed E-state index contributed by atoms with van der Waals surface area (Å²) >= 11 is 0. The first kappa shape index (κ1) is 12.0. The molecule has 0 amide bonds. The monoisotopic (exact) mass is 233 g/mol. The number of aromatic carboxylic acids is 1. The van der Waals surface area contributed by atoms with Crippen molar-refractivity contribution in [3.8, 4) is 0 Å². The number of nitrogens with zero attached hydrogens (tertiary/aromatic N) is 1. The first-order valence-electron chi connectivity index (χ1n) is 6.13. The van der Waals surface area contributed by atoms with Gasteiger partial charge in [0.2, 0.25) is 0 Å². The molecule has 1 aliphatic heterocycles. The molecule has 1 saturated heterocycles. The van der Waals surface area contributed by atoms with Gasteiger partial charge in [-0.3, -0.25) is 0 Å². The van der Waals surface area contributed by atoms with Crippen LogP contribution in [0.1, 0.15) is 42.6 Å². The van der Waals surface area contributed by atoms with E-state index in [0.717, 1.165) is 11.3 Å². The van der Waals surface area contributed by atoms with E-state index in [1.807, 2.05) is 13.0 Å². The Morgan fingerprint density at radius 2 is 1.88 bits per heavy atom. The van der Waals surface area contributed by atoms with Gasteiger partial charge in [0.15, 0.2) is 0 Å². The molecule has 0 bridgehead atoms. The van der Waals surface area contributed by atoms with Crippen molar-refractivity contribution >= 4 is 11.7 Å². The maximum Gasteiger partial charge on any atom is 0.335 e. The maximum absolute atomic E-state index is 11.0. The molecule has 2 atom stereocenters. The van der Waals surface area contributed by atoms with Crippen molar-refractivity contribution in [1.82, 2.24) is 0 Å². The summed E-state index contributed by atoms with van der Waals surface area (Å²) in [6.45, 7) is 6.45. The Bertz CT molecular complexity index is 432. The molecule has 3 nitrogen and oxygen atoms in total. The first-order valence-corrected chi connectivity index (χ1v) is 6.13. The van der Waals surface area contributed by atoms with Gasteiger partial charge in [-0.15, -0.1) is 0 Å². The van der Waals surface area contributed by atoms with Crippen LogP contribution in [-0.4, -0.2) is 23.2 Å². The summed E-state index contributed by atoms with van der Waals surface area (Å²) < 4.78 is 0. The highest BCUT2D eigenvalue weighted by Gasteiger charge is 2.28. The number of carboxylic acid groups (broad SMARTS) is 1. The van der Waals surface area contributed by atoms with Crippen LogP contribution in [-0.2, 0) is 0 Å². The number of hydrogen-bond acceptors (Lipinski definition) is 2. The molecule has 1 heterocycles. The molecule has 0 aliphatic carbocycles. The van der Waals surface area contributed by atoms with Crippen molar-refractivity contribution in [2.75, 3.05) is 4.90 Å². The van der Waals surface area contributed by atoms with Crippen molar-refractivity contribution < 1.29 is 9.90 Å². The summed E-state index contributed by atoms with van der Waals surface area (Å²) in [5.41, 5.74) is 2.59. The van der Waals surface area contributed by atoms with Crippen molar-refractivity contribution in [1.29, 1.82) is 0 Å². The zero-order valence-electron chi connectivity index (χ0n) is 10.6. The van der Waals surface area contributed by atoms with Crippen LogP contribution in [0.2, 0.25) is 0 Å². The molecule has 1 aromatic carbocycles. The molecular weight excluding hydrogens is 214 g/mol. The smallest absolute Gasteiger partial charge is 0.335 e. The second-order valence-corrected chi connectivity index (χ2v) is 4.99. The van der Waals surface area contributed by atoms with Crippen molar-refractivity contribution in [2.24, 2.45) is 0 Å². The summed E-state index contributed by atoms with van der Waals surface area (Å²) in [4.78, 5) is 13.4. The van der Waals surface area contributed by atoms with Crippen LogP contribution in [0, 0.1) is 6.92 Å². The van der Waals surface area contributed by atoms with Gasteiger partial charge in [-0.25, -0.2) is 4.79 Å². The Balaban J connectivity index is 2.43. The predicted molar refractivity (Wildman–Crippen MR) is 68.8 cm³/mol. The topological polar surface area (TPSA) is 40.5 Å². The average molecular weight is 233 g/mol. The Hall–Kier alpha value is -1.51. The molecule has 3 heteroatoms. The van der Waals surface area contributed by atoms with Gasteiger partial charge in [0.05, 0.1) is 5.56 Å². The molecule has 1 N–H and O–H groups in total. The number of carbonyl (C=O) groups is 1. The van der Waals surface area contributed by atoms with E-state index in [9.17, 15) is 4.79 Å². The molecule has 17 heavy (non-hydrogen) atoms. The van der Waals surface area contributed by atoms with Crippen LogP contribution in [0.3, 0.4) is 0 Å². The van der Waals surface area contributed by atoms with Crippen LogP contribution < -0.4 is 4.90 Å². The average Bonchev–Trinajstić information content (AvgIpc) is 2.59. The molecule has 2 rings (SSSR count). The summed E-state index contributed by atoms with van der Waals surface area (Å²) in [5, 5.41) is 9.06. The molecular formula is C14H19NO2. The van der Waals surface area contributed by atoms with Crippen LogP contribution >= 0.6 is 0 Å². The van der Waals surface area contributed by atoms with Gasteiger partial charge < -0.3 is 10.0 Å². The summed E-state index contributed by atoms with van der Waals surface area (Å²) in [6.07, 6.45) is 2.36. The fourth-order valence-electron chi connectivity index (χ4n) is 2.69. The van der Waals surface area contributed by atoms with Gasteiger partial charge >= 0.3 is 5.97 Å². The van der Waals surface area contributed by atoms with E-state index < -0.39 is 5.97 Å². The third-order valence-corrected chi connectivity index (χ3v) is 3.69. The number of aryl methyl sites for hydroxylation is 1. The number of hydrogen-bond donors (Lipinski definition) is 1. The van der Waals surface area contributed by atoms with Gasteiger partial charge in [0.25, 0.3) is 0 Å². The molecule has 0 aromatic heterocycles. The predicted octanol–water partition coefficient (Wildman–Crippen LogP) is 3.07. The Morgan fingerprint density at radius 3 is 2.41 bits per heavy atom. The zero-order chi connectivity index (χ0) is 12.6. The number of anilines is 1. The molecule has 0 unspecified atom stereocenters. The lowest BCUT2D eigenvalue weighted by Gasteiger charge is -2.30. The SMILES string of the molecule is Cc1ccc(C(=O)O)cc1N1[C@@H](C)CC[C@@H]1C. The first-order chi connectivity index (χ1) is 8.00. The van der Waals surface area contributed by atoms with Gasteiger partial charge in [0.1, 0.15) is 0 Å². The Labute approximate surface area is 102 Å². The minimum atomic E-state index is -0.856. The maximum atomic E-state index is 11.0. The lowest BCUT2D eigenvalue weighted by molar-refractivity contribution is 0.0697. The van der Waals surface area contributed by atoms with Crippen molar-refractivity contribution in [2.45, 2.75) is 45.7 Å². The van der Waals surface area contributed by atoms with E-state index in [0.29, 0.717) is 17.6 Å². The molecule has 0 radical (unpaired) electrons. The molecule has 1 aliphatic rings. The van der Waals surface area contributed by atoms with Gasteiger partial charge in [-0.2, -0.15) is 0 Å². The molecule has 1 fully saturated rings. The summed E-state index contributed by atoms with van der Waals surface area (Å²) in [7, 11) is 0. The van der Waals surface area contributed by atoms with Gasteiger partial charge in [-0.05, 0) is 51.3 Å². The van der Waals surface area contributed by atoms with E-state index in [1.165, 1.54) is 12.8 Å². The fourth-order valence-corrected chi connectivity index (χ4v) is 2.69. The van der Waals surface area contributed by atoms with E-state index in [-0.39, 0.29) is 0 Å². The van der Waals surface area contributed by atoms with Gasteiger partial charge in [-0.1, -0.05) is 6.07 Å². The fraction of sp³-hybridized carbons (Fsp3) is 0.500.